The minimum atomic E-state index is -0.728. The van der Waals surface area contributed by atoms with E-state index in [1.807, 2.05) is 42.7 Å². The van der Waals surface area contributed by atoms with Crippen LogP contribution in [0.5, 0.6) is 0 Å². The number of nitrogens with zero attached hydrogens (tertiary/aromatic N) is 3. The quantitative estimate of drug-likeness (QED) is 0.295. The molecule has 10 heteroatoms. The fourth-order valence-corrected chi connectivity index (χ4v) is 4.01. The molecular formula is C25H28N4O5S. The van der Waals surface area contributed by atoms with Gasteiger partial charge in [0.25, 0.3) is 11.6 Å². The van der Waals surface area contributed by atoms with Crippen molar-refractivity contribution in [3.8, 4) is 11.3 Å². The number of likely N-dealkylation sites (N-methyl/N-ethyl adjacent to an activating group) is 1. The maximum absolute atomic E-state index is 13.1. The summed E-state index contributed by atoms with van der Waals surface area (Å²) in [6.07, 6.45) is 3.66. The molecule has 1 atom stereocenters. The number of nitrogens with one attached hydrogen (secondary N) is 1. The highest BCUT2D eigenvalue weighted by atomic mass is 32.2. The number of hydrogen-bond donors (Lipinski definition) is 1. The number of rotatable bonds is 12. The average Bonchev–Trinajstić information content (AvgIpc) is 3.35. The van der Waals surface area contributed by atoms with Crippen LogP contribution >= 0.6 is 11.8 Å². The Hall–Kier alpha value is -3.66. The fraction of sp³-hybridized carbons (Fsp3) is 0.320. The van der Waals surface area contributed by atoms with Gasteiger partial charge in [0.05, 0.1) is 4.92 Å². The van der Waals surface area contributed by atoms with Crippen LogP contribution in [0.15, 0.2) is 65.2 Å². The SMILES string of the molecule is CSCCC(NC(=O)c1cccc([N+](=O)[O-])c1)C(=O)N(C)CCCc1cc(-c2ccccc2)no1. The Morgan fingerprint density at radius 1 is 1.17 bits per heavy atom. The van der Waals surface area contributed by atoms with Crippen LogP contribution in [0, 0.1) is 10.1 Å². The van der Waals surface area contributed by atoms with Crippen LogP contribution in [0.25, 0.3) is 11.3 Å². The van der Waals surface area contributed by atoms with Crippen molar-refractivity contribution in [2.75, 3.05) is 25.6 Å². The van der Waals surface area contributed by atoms with Gasteiger partial charge in [0, 0.05) is 49.3 Å². The van der Waals surface area contributed by atoms with E-state index in [0.29, 0.717) is 31.6 Å². The van der Waals surface area contributed by atoms with E-state index in [1.165, 1.54) is 24.3 Å². The Balaban J connectivity index is 1.56. The van der Waals surface area contributed by atoms with Crippen molar-refractivity contribution in [1.29, 1.82) is 0 Å². The summed E-state index contributed by atoms with van der Waals surface area (Å²) in [4.78, 5) is 37.8. The van der Waals surface area contributed by atoms with Gasteiger partial charge in [-0.2, -0.15) is 11.8 Å². The molecule has 0 fully saturated rings. The van der Waals surface area contributed by atoms with Gasteiger partial charge in [-0.3, -0.25) is 19.7 Å². The number of hydrogen-bond acceptors (Lipinski definition) is 7. The van der Waals surface area contributed by atoms with E-state index < -0.39 is 16.9 Å². The molecule has 0 saturated carbocycles. The molecule has 1 unspecified atom stereocenters. The Morgan fingerprint density at radius 3 is 2.66 bits per heavy atom. The minimum Gasteiger partial charge on any atom is -0.361 e. The third kappa shape index (κ3) is 7.41. The van der Waals surface area contributed by atoms with E-state index in [-0.39, 0.29) is 17.2 Å². The summed E-state index contributed by atoms with van der Waals surface area (Å²) in [5.41, 5.74) is 1.71. The molecule has 1 N–H and O–H groups in total. The second-order valence-electron chi connectivity index (χ2n) is 8.02. The van der Waals surface area contributed by atoms with Gasteiger partial charge in [0.2, 0.25) is 5.91 Å². The molecule has 0 aliphatic heterocycles. The highest BCUT2D eigenvalue weighted by molar-refractivity contribution is 7.98. The standard InChI is InChI=1S/C25H28N4O5S/c1-28(14-7-12-21-17-23(27-34-21)18-8-4-3-5-9-18)25(31)22(13-15-35-2)26-24(30)19-10-6-11-20(16-19)29(32)33/h3-6,8-11,16-17,22H,7,12-15H2,1-2H3,(H,26,30). The summed E-state index contributed by atoms with van der Waals surface area (Å²) in [7, 11) is 1.70. The lowest BCUT2D eigenvalue weighted by molar-refractivity contribution is -0.384. The van der Waals surface area contributed by atoms with Crippen molar-refractivity contribution >= 4 is 29.3 Å². The Labute approximate surface area is 208 Å². The summed E-state index contributed by atoms with van der Waals surface area (Å²) >= 11 is 1.57. The van der Waals surface area contributed by atoms with Crippen LogP contribution in [0.3, 0.4) is 0 Å². The molecule has 3 rings (SSSR count). The molecule has 1 heterocycles. The van der Waals surface area contributed by atoms with Gasteiger partial charge in [-0.05, 0) is 30.9 Å². The lowest BCUT2D eigenvalue weighted by Gasteiger charge is -2.24. The molecule has 0 saturated heterocycles. The summed E-state index contributed by atoms with van der Waals surface area (Å²) in [5.74, 6) is 0.694. The maximum Gasteiger partial charge on any atom is 0.270 e. The van der Waals surface area contributed by atoms with E-state index in [1.54, 1.807) is 23.7 Å². The van der Waals surface area contributed by atoms with E-state index in [9.17, 15) is 19.7 Å². The number of benzene rings is 2. The molecule has 2 aromatic carbocycles. The van der Waals surface area contributed by atoms with Crippen LogP contribution < -0.4 is 5.32 Å². The van der Waals surface area contributed by atoms with Crippen molar-refractivity contribution in [2.24, 2.45) is 0 Å². The van der Waals surface area contributed by atoms with Gasteiger partial charge in [0.1, 0.15) is 17.5 Å². The zero-order chi connectivity index (χ0) is 25.2. The Morgan fingerprint density at radius 2 is 1.94 bits per heavy atom. The number of non-ortho nitro benzene ring substituents is 1. The minimum absolute atomic E-state index is 0.142. The van der Waals surface area contributed by atoms with Crippen LogP contribution in [0.1, 0.15) is 29.0 Å². The zero-order valence-electron chi connectivity index (χ0n) is 19.7. The van der Waals surface area contributed by atoms with Crippen molar-refractivity contribution in [2.45, 2.75) is 25.3 Å². The monoisotopic (exact) mass is 496 g/mol. The molecule has 1 aromatic heterocycles. The fourth-order valence-electron chi connectivity index (χ4n) is 3.54. The molecule has 0 bridgehead atoms. The van der Waals surface area contributed by atoms with Crippen LogP contribution in [0.4, 0.5) is 5.69 Å². The number of nitro benzene ring substituents is 1. The summed E-state index contributed by atoms with van der Waals surface area (Å²) < 4.78 is 5.43. The molecule has 35 heavy (non-hydrogen) atoms. The smallest absolute Gasteiger partial charge is 0.270 e. The molecule has 9 nitrogen and oxygen atoms in total. The zero-order valence-corrected chi connectivity index (χ0v) is 20.5. The van der Waals surface area contributed by atoms with Gasteiger partial charge in [0.15, 0.2) is 0 Å². The van der Waals surface area contributed by atoms with Crippen LogP contribution in [-0.4, -0.2) is 58.4 Å². The first-order valence-electron chi connectivity index (χ1n) is 11.2. The lowest BCUT2D eigenvalue weighted by Crippen LogP contribution is -2.48. The third-order valence-electron chi connectivity index (χ3n) is 5.45. The topological polar surface area (TPSA) is 119 Å². The van der Waals surface area contributed by atoms with Crippen molar-refractivity contribution < 1.29 is 19.0 Å². The lowest BCUT2D eigenvalue weighted by atomic mass is 10.1. The van der Waals surface area contributed by atoms with E-state index in [4.69, 9.17) is 4.52 Å². The number of carbonyl (C=O) groups is 2. The predicted octanol–water partition coefficient (Wildman–Crippen LogP) is 4.19. The van der Waals surface area contributed by atoms with Gasteiger partial charge in [-0.25, -0.2) is 0 Å². The first-order valence-corrected chi connectivity index (χ1v) is 12.6. The van der Waals surface area contributed by atoms with Crippen molar-refractivity contribution in [1.82, 2.24) is 15.4 Å². The second kappa shape index (κ2) is 12.7. The largest absolute Gasteiger partial charge is 0.361 e. The highest BCUT2D eigenvalue weighted by Gasteiger charge is 2.24. The number of aryl methyl sites for hydroxylation is 1. The van der Waals surface area contributed by atoms with Crippen LogP contribution in [-0.2, 0) is 11.2 Å². The van der Waals surface area contributed by atoms with E-state index >= 15 is 0 Å². The predicted molar refractivity (Wildman–Crippen MR) is 135 cm³/mol. The molecule has 0 spiro atoms. The molecule has 3 aromatic rings. The van der Waals surface area contributed by atoms with Gasteiger partial charge < -0.3 is 14.7 Å². The Kier molecular flexibility index (Phi) is 9.42. The van der Waals surface area contributed by atoms with E-state index in [0.717, 1.165) is 17.0 Å². The first kappa shape index (κ1) is 26.0. The van der Waals surface area contributed by atoms with Gasteiger partial charge in [-0.15, -0.1) is 0 Å². The highest BCUT2D eigenvalue weighted by Crippen LogP contribution is 2.19. The maximum atomic E-state index is 13.1. The molecular weight excluding hydrogens is 468 g/mol. The average molecular weight is 497 g/mol. The molecule has 0 aliphatic rings. The van der Waals surface area contributed by atoms with Crippen molar-refractivity contribution in [3.63, 3.8) is 0 Å². The Bertz CT molecular complexity index is 1150. The van der Waals surface area contributed by atoms with E-state index in [2.05, 4.69) is 10.5 Å². The van der Waals surface area contributed by atoms with Gasteiger partial charge in [-0.1, -0.05) is 41.6 Å². The van der Waals surface area contributed by atoms with Crippen molar-refractivity contribution in [3.05, 3.63) is 82.1 Å². The summed E-state index contributed by atoms with van der Waals surface area (Å²) in [6.45, 7) is 0.475. The third-order valence-corrected chi connectivity index (χ3v) is 6.10. The molecule has 0 aliphatic carbocycles. The van der Waals surface area contributed by atoms with Gasteiger partial charge >= 0.3 is 0 Å². The number of thioether (sulfide) groups is 1. The number of nitro groups is 1. The molecule has 2 amide bonds. The second-order valence-corrected chi connectivity index (χ2v) is 9.01. The van der Waals surface area contributed by atoms with Crippen LogP contribution in [0.2, 0.25) is 0 Å². The molecule has 184 valence electrons. The number of carbonyl (C=O) groups excluding carboxylic acids is 2. The first-order chi connectivity index (χ1) is 16.9. The normalized spacial score (nSPS) is 11.6. The summed E-state index contributed by atoms with van der Waals surface area (Å²) in [5, 5.41) is 17.9. The summed E-state index contributed by atoms with van der Waals surface area (Å²) in [6, 6.07) is 16.4. The molecule has 0 radical (unpaired) electrons. The number of aromatic nitrogens is 1. The number of amides is 2.